The van der Waals surface area contributed by atoms with E-state index in [1.54, 1.807) is 0 Å². The summed E-state index contributed by atoms with van der Waals surface area (Å²) in [5, 5.41) is 8.28. The van der Waals surface area contributed by atoms with Gasteiger partial charge in [0.05, 0.1) is 0 Å². The quantitative estimate of drug-likeness (QED) is 0.555. The van der Waals surface area contributed by atoms with Crippen molar-refractivity contribution in [3.63, 3.8) is 0 Å². The van der Waals surface area contributed by atoms with Gasteiger partial charge >= 0.3 is 0 Å². The average molecular weight is 126 g/mol. The molecule has 1 atom stereocenters. The van der Waals surface area contributed by atoms with Crippen molar-refractivity contribution in [2.75, 3.05) is 6.61 Å². The molecule has 0 radical (unpaired) electrons. The van der Waals surface area contributed by atoms with Crippen LogP contribution in [-0.4, -0.2) is 11.7 Å². The molecule has 0 saturated carbocycles. The van der Waals surface area contributed by atoms with Crippen molar-refractivity contribution in [3.05, 3.63) is 0 Å². The van der Waals surface area contributed by atoms with Crippen molar-refractivity contribution in [2.24, 2.45) is 5.92 Å². The third-order valence-corrected chi connectivity index (χ3v) is 1.35. The molecule has 1 heteroatoms. The highest BCUT2D eigenvalue weighted by Crippen LogP contribution is 2.03. The van der Waals surface area contributed by atoms with E-state index in [2.05, 4.69) is 25.7 Å². The topological polar surface area (TPSA) is 20.2 Å². The second-order valence-electron chi connectivity index (χ2n) is 2.23. The fourth-order valence-electron chi connectivity index (χ4n) is 0.447. The van der Waals surface area contributed by atoms with Gasteiger partial charge in [-0.1, -0.05) is 26.2 Å². The Bertz CT molecular complexity index is 107. The first-order valence-corrected chi connectivity index (χ1v) is 3.37. The lowest BCUT2D eigenvalue weighted by atomic mass is 10.1. The molecule has 0 fully saturated rings. The zero-order chi connectivity index (χ0) is 7.11. The third-order valence-electron chi connectivity index (χ3n) is 1.35. The van der Waals surface area contributed by atoms with E-state index in [-0.39, 0.29) is 6.61 Å². The Balaban J connectivity index is 3.25. The SMILES string of the molecule is CCC(C)CC#CCO. The van der Waals surface area contributed by atoms with Crippen molar-refractivity contribution in [2.45, 2.75) is 26.7 Å². The Labute approximate surface area is 57.1 Å². The van der Waals surface area contributed by atoms with E-state index in [0.29, 0.717) is 5.92 Å². The van der Waals surface area contributed by atoms with Crippen LogP contribution in [0.4, 0.5) is 0 Å². The van der Waals surface area contributed by atoms with Crippen LogP contribution in [-0.2, 0) is 0 Å². The Morgan fingerprint density at radius 3 is 2.56 bits per heavy atom. The summed E-state index contributed by atoms with van der Waals surface area (Å²) in [5.74, 6) is 6.18. The summed E-state index contributed by atoms with van der Waals surface area (Å²) in [5.41, 5.74) is 0. The molecule has 0 aromatic rings. The van der Waals surface area contributed by atoms with Gasteiger partial charge < -0.3 is 5.11 Å². The first-order valence-electron chi connectivity index (χ1n) is 3.37. The molecule has 0 aliphatic heterocycles. The normalized spacial score (nSPS) is 11.9. The largest absolute Gasteiger partial charge is 0.384 e. The minimum absolute atomic E-state index is 0.00354. The monoisotopic (exact) mass is 126 g/mol. The van der Waals surface area contributed by atoms with Crippen LogP contribution in [0.2, 0.25) is 0 Å². The minimum Gasteiger partial charge on any atom is -0.384 e. The van der Waals surface area contributed by atoms with Crippen molar-refractivity contribution in [1.82, 2.24) is 0 Å². The number of rotatable bonds is 2. The van der Waals surface area contributed by atoms with Crippen LogP contribution in [0.3, 0.4) is 0 Å². The molecular weight excluding hydrogens is 112 g/mol. The molecule has 1 nitrogen and oxygen atoms in total. The lowest BCUT2D eigenvalue weighted by Crippen LogP contribution is -1.88. The highest BCUT2D eigenvalue weighted by Gasteiger charge is 1.92. The van der Waals surface area contributed by atoms with Crippen molar-refractivity contribution < 1.29 is 5.11 Å². The highest BCUT2D eigenvalue weighted by atomic mass is 16.2. The lowest BCUT2D eigenvalue weighted by molar-refractivity contribution is 0.350. The van der Waals surface area contributed by atoms with E-state index in [0.717, 1.165) is 6.42 Å². The van der Waals surface area contributed by atoms with Gasteiger partial charge in [-0.3, -0.25) is 0 Å². The van der Waals surface area contributed by atoms with Crippen LogP contribution < -0.4 is 0 Å². The van der Waals surface area contributed by atoms with Crippen LogP contribution in [0.1, 0.15) is 26.7 Å². The van der Waals surface area contributed by atoms with Crippen LogP contribution >= 0.6 is 0 Å². The van der Waals surface area contributed by atoms with Gasteiger partial charge in [0, 0.05) is 6.42 Å². The molecule has 1 N–H and O–H groups in total. The number of hydrogen-bond donors (Lipinski definition) is 1. The molecule has 0 aromatic carbocycles. The van der Waals surface area contributed by atoms with Crippen LogP contribution in [0, 0.1) is 17.8 Å². The molecule has 0 saturated heterocycles. The van der Waals surface area contributed by atoms with Gasteiger partial charge in [0.1, 0.15) is 6.61 Å². The lowest BCUT2D eigenvalue weighted by Gasteiger charge is -1.99. The zero-order valence-electron chi connectivity index (χ0n) is 6.15. The molecule has 0 bridgehead atoms. The van der Waals surface area contributed by atoms with E-state index in [4.69, 9.17) is 5.11 Å². The third kappa shape index (κ3) is 5.39. The summed E-state index contributed by atoms with van der Waals surface area (Å²) < 4.78 is 0. The molecule has 0 amide bonds. The Hall–Kier alpha value is -0.480. The van der Waals surface area contributed by atoms with Gasteiger partial charge in [0.15, 0.2) is 0 Å². The molecule has 0 aromatic heterocycles. The van der Waals surface area contributed by atoms with Gasteiger partial charge in [-0.25, -0.2) is 0 Å². The maximum absolute atomic E-state index is 8.28. The molecule has 9 heavy (non-hydrogen) atoms. The van der Waals surface area contributed by atoms with Crippen LogP contribution in [0.15, 0.2) is 0 Å². The van der Waals surface area contributed by atoms with Crippen LogP contribution in [0.5, 0.6) is 0 Å². The number of hydrogen-bond acceptors (Lipinski definition) is 1. The summed E-state index contributed by atoms with van der Waals surface area (Å²) in [7, 11) is 0. The maximum Gasteiger partial charge on any atom is 0.104 e. The molecule has 0 spiro atoms. The van der Waals surface area contributed by atoms with Gasteiger partial charge in [0.2, 0.25) is 0 Å². The fraction of sp³-hybridized carbons (Fsp3) is 0.750. The van der Waals surface area contributed by atoms with Crippen LogP contribution in [0.25, 0.3) is 0 Å². The summed E-state index contributed by atoms with van der Waals surface area (Å²) in [4.78, 5) is 0. The van der Waals surface area contributed by atoms with Gasteiger partial charge in [-0.05, 0) is 5.92 Å². The summed E-state index contributed by atoms with van der Waals surface area (Å²) >= 11 is 0. The van der Waals surface area contributed by atoms with Crippen molar-refractivity contribution >= 4 is 0 Å². The first kappa shape index (κ1) is 8.52. The second kappa shape index (κ2) is 5.65. The fourth-order valence-corrected chi connectivity index (χ4v) is 0.447. The zero-order valence-corrected chi connectivity index (χ0v) is 6.15. The molecule has 52 valence electrons. The number of aliphatic hydroxyl groups excluding tert-OH is 1. The predicted octanol–water partition coefficient (Wildman–Crippen LogP) is 1.42. The molecule has 0 heterocycles. The van der Waals surface area contributed by atoms with Gasteiger partial charge in [-0.15, -0.1) is 5.92 Å². The summed E-state index contributed by atoms with van der Waals surface area (Å²) in [6.07, 6.45) is 2.08. The smallest absolute Gasteiger partial charge is 0.104 e. The minimum atomic E-state index is -0.00354. The Morgan fingerprint density at radius 1 is 1.44 bits per heavy atom. The number of aliphatic hydroxyl groups is 1. The second-order valence-corrected chi connectivity index (χ2v) is 2.23. The van der Waals surface area contributed by atoms with E-state index in [1.807, 2.05) is 0 Å². The van der Waals surface area contributed by atoms with Crippen molar-refractivity contribution in [1.29, 1.82) is 0 Å². The molecular formula is C8H14O. The standard InChI is InChI=1S/C8H14O/c1-3-8(2)6-4-5-7-9/h8-9H,3,6-7H2,1-2H3. The molecule has 1 unspecified atom stereocenters. The van der Waals surface area contributed by atoms with Gasteiger partial charge in [0.25, 0.3) is 0 Å². The van der Waals surface area contributed by atoms with E-state index >= 15 is 0 Å². The Morgan fingerprint density at radius 2 is 2.11 bits per heavy atom. The average Bonchev–Trinajstić information content (AvgIpc) is 1.89. The predicted molar refractivity (Wildman–Crippen MR) is 38.9 cm³/mol. The Kier molecular flexibility index (Phi) is 5.35. The van der Waals surface area contributed by atoms with Crippen molar-refractivity contribution in [3.8, 4) is 11.8 Å². The highest BCUT2D eigenvalue weighted by molar-refractivity contribution is 4.99. The van der Waals surface area contributed by atoms with E-state index < -0.39 is 0 Å². The maximum atomic E-state index is 8.28. The summed E-state index contributed by atoms with van der Waals surface area (Å²) in [6, 6.07) is 0. The van der Waals surface area contributed by atoms with E-state index in [9.17, 15) is 0 Å². The van der Waals surface area contributed by atoms with E-state index in [1.165, 1.54) is 6.42 Å². The first-order chi connectivity index (χ1) is 4.31. The molecule has 0 rings (SSSR count). The molecule has 0 aliphatic carbocycles. The molecule has 0 aliphatic rings. The van der Waals surface area contributed by atoms with Gasteiger partial charge in [-0.2, -0.15) is 0 Å². The summed E-state index contributed by atoms with van der Waals surface area (Å²) in [6.45, 7) is 4.30.